The fraction of sp³-hybridized carbons (Fsp3) is 0.614. The molecule has 25 rings (SSSR count). The van der Waals surface area contributed by atoms with Crippen molar-refractivity contribution in [2.75, 3.05) is 60.5 Å². The lowest BCUT2D eigenvalue weighted by Crippen LogP contribution is -2.82. The third-order valence-corrected chi connectivity index (χ3v) is 33.5. The van der Waals surface area contributed by atoms with Crippen molar-refractivity contribution in [1.82, 2.24) is 19.6 Å². The van der Waals surface area contributed by atoms with E-state index in [1.165, 1.54) is 40.7 Å². The van der Waals surface area contributed by atoms with Crippen LogP contribution in [0, 0.1) is 34.5 Å². The zero-order valence-electron chi connectivity index (χ0n) is 63.3. The number of fused-ring (bicyclic) bond motifs is 3. The van der Waals surface area contributed by atoms with Crippen LogP contribution < -0.4 is 18.9 Å². The highest BCUT2D eigenvalue weighted by molar-refractivity contribution is 6.03. The van der Waals surface area contributed by atoms with Crippen molar-refractivity contribution in [2.24, 2.45) is 44.7 Å². The van der Waals surface area contributed by atoms with Gasteiger partial charge < -0.3 is 69.1 Å². The number of hydrogen-bond acceptors (Lipinski definition) is 19. The fourth-order valence-electron chi connectivity index (χ4n) is 28.8. The van der Waals surface area contributed by atoms with E-state index in [0.29, 0.717) is 73.4 Å². The zero-order chi connectivity index (χ0) is 73.8. The average Bonchev–Trinajstić information content (AvgIpc) is 1.57. The van der Waals surface area contributed by atoms with E-state index in [9.17, 15) is 35.7 Å². The first kappa shape index (κ1) is 68.3. The van der Waals surface area contributed by atoms with E-state index in [-0.39, 0.29) is 98.1 Å². The quantitative estimate of drug-likeness (QED) is 0.0546. The monoisotopic (exact) mass is 1450 g/mol. The molecule has 13 aliphatic carbocycles. The second-order valence-electron chi connectivity index (χ2n) is 37.4. The third kappa shape index (κ3) is 7.87. The summed E-state index contributed by atoms with van der Waals surface area (Å²) in [6.07, 6.45) is 26.4. The van der Waals surface area contributed by atoms with Gasteiger partial charge >= 0.3 is 0 Å². The molecule has 107 heavy (non-hydrogen) atoms. The van der Waals surface area contributed by atoms with E-state index in [0.717, 1.165) is 131 Å². The van der Waals surface area contributed by atoms with Gasteiger partial charge in [-0.3, -0.25) is 14.7 Å². The Labute approximate surface area is 627 Å². The number of hydrogen-bond donors (Lipinski definition) is 7. The number of rotatable bonds is 11. The number of nitrogens with zero attached hydrogens (tertiary/aromatic N) is 6. The Bertz CT molecular complexity index is 4670. The number of aliphatic hydroxyl groups is 3. The van der Waals surface area contributed by atoms with Crippen LogP contribution in [-0.2, 0) is 56.8 Å². The molecule has 6 saturated carbocycles. The lowest BCUT2D eigenvalue weighted by atomic mass is 9.34. The number of phenolic OH excluding ortho intramolecular Hbond substituents is 4. The summed E-state index contributed by atoms with van der Waals surface area (Å²) in [5, 5.41) is 89.3. The molecule has 8 heterocycles. The Morgan fingerprint density at radius 2 is 1.20 bits per heavy atom. The van der Waals surface area contributed by atoms with Gasteiger partial charge in [0.15, 0.2) is 58.2 Å². The zero-order valence-corrected chi connectivity index (χ0v) is 63.3. The minimum absolute atomic E-state index is 0.0153. The number of likely N-dealkylation sites (tertiary alicyclic amines) is 4. The second kappa shape index (κ2) is 22.1. The van der Waals surface area contributed by atoms with E-state index in [2.05, 4.69) is 96.2 Å². The number of phenols is 4. The predicted octanol–water partition coefficient (Wildman–Crippen LogP) is 10.1. The van der Waals surface area contributed by atoms with Crippen molar-refractivity contribution in [2.45, 2.75) is 242 Å². The molecule has 19 nitrogen and oxygen atoms in total. The van der Waals surface area contributed by atoms with Gasteiger partial charge in [-0.05, 0) is 209 Å². The van der Waals surface area contributed by atoms with Crippen LogP contribution in [0.4, 0.5) is 0 Å². The Morgan fingerprint density at radius 1 is 0.607 bits per heavy atom. The Kier molecular flexibility index (Phi) is 14.1. The first-order valence-corrected chi connectivity index (χ1v) is 40.3. The highest BCUT2D eigenvalue weighted by Gasteiger charge is 2.84. The van der Waals surface area contributed by atoms with Crippen LogP contribution in [0.2, 0.25) is 0 Å². The molecule has 0 amide bonds. The van der Waals surface area contributed by atoms with Gasteiger partial charge in [0.05, 0.1) is 38.8 Å². The second-order valence-corrected chi connectivity index (χ2v) is 37.4. The van der Waals surface area contributed by atoms with Crippen molar-refractivity contribution in [3.05, 3.63) is 143 Å². The van der Waals surface area contributed by atoms with Crippen LogP contribution >= 0.6 is 0 Å². The number of aromatic hydroxyl groups is 4. The molecule has 19 heteroatoms. The molecular formula is C88H106N6O13. The highest BCUT2D eigenvalue weighted by Crippen LogP contribution is 2.80. The summed E-state index contributed by atoms with van der Waals surface area (Å²) in [6.45, 7) is 23.4. The SMILES string of the molecule is C=CCN1CC[C@]23c4c5ccc(O)c4O[C@H]2/C(=N/N=C2\C=C[C@H]4[C@H]6Cc7ccc(O)c8c7[C@@]4(CCN6CC=C)[C@H]2O8)CC[C@@]3(O)C1C5.COC12C=C[C@@]3(C[C@@H]1C(C)(O)C(C)C)[C@H]1Cc4ccc(O)c5c4[C@@]3(CCN1C)[C@H]2O5.COC12CC[C@@]3(C[C@@H]1C(C)(C)O)[C@H]1Cc4ccc(O)c5c4[C@@]3(CCN1C1CC1)[C@H]2O5. The molecule has 21 aliphatic rings. The summed E-state index contributed by atoms with van der Waals surface area (Å²) in [4.78, 5) is 10.2. The van der Waals surface area contributed by atoms with Gasteiger partial charge in [0, 0.05) is 120 Å². The summed E-state index contributed by atoms with van der Waals surface area (Å²) >= 11 is 0. The maximum atomic E-state index is 12.7. The molecule has 21 atom stereocenters. The molecule has 12 bridgehead atoms. The van der Waals surface area contributed by atoms with Gasteiger partial charge in [-0.15, -0.1) is 13.2 Å². The van der Waals surface area contributed by atoms with Gasteiger partial charge in [-0.2, -0.15) is 10.2 Å². The highest BCUT2D eigenvalue weighted by atomic mass is 16.6. The topological polar surface area (TPSA) is 235 Å². The molecule has 0 radical (unpaired) electrons. The molecule has 4 saturated heterocycles. The molecule has 10 fully saturated rings. The standard InChI is InChI=1S/C38H40N4O5.2C25H33NO4/c1-3-15-41-17-13-36-23-7-8-24(34(36)46-32-27(43)9-5-21(30(32)36)19-26(23)41)39-40-25-11-12-38(45)29-20-22-6-10-28(44)33-31(22)37(38,35(25)47-33)14-18-42(29)16-4-2;1-22(2,28)17-13-23-8-9-25(17,29-3)21-24(23)10-11-26(15-5-6-15)18(23)12-14-4-7-16(27)20(30-21)19(14)24;1-14(2)22(3,28)17-13-23-8-9-25(17,29-5)21-24(23)10-11-26(4)18(23)12-15-6-7-16(27)20(30-21)19(15)24/h3-10,23,26,29,34-35,43-45H,1-2,11-20H2;4,7,15,17-18,21,27-28H,5-6,8-13H2,1-3H3;6-9,14,17-18,21,27-28H,10-13H2,1-5H3/b39-24+,40-25+;;/t23-,26+,29?,34-,35-,36-,37-,38+;17-,18-,21-,23-,24+,25?;17-,18-,21-,22?,23-,24+,25?/m011/s1. The first-order valence-electron chi connectivity index (χ1n) is 40.3. The average molecular weight is 1460 g/mol. The normalized spacial score (nSPS) is 43.0. The predicted molar refractivity (Wildman–Crippen MR) is 404 cm³/mol. The number of likely N-dealkylation sites (N-methyl/N-ethyl adjacent to an activating group) is 1. The minimum Gasteiger partial charge on any atom is -0.504 e. The number of methoxy groups -OCH3 is 2. The molecular weight excluding hydrogens is 1350 g/mol. The fourth-order valence-corrected chi connectivity index (χ4v) is 28.8. The summed E-state index contributed by atoms with van der Waals surface area (Å²) in [6, 6.07) is 17.2. The third-order valence-electron chi connectivity index (χ3n) is 33.5. The smallest absolute Gasteiger partial charge is 0.166 e. The molecule has 4 aromatic rings. The van der Waals surface area contributed by atoms with E-state index in [1.807, 2.05) is 45.1 Å². The van der Waals surface area contributed by atoms with Crippen molar-refractivity contribution < 1.29 is 64.2 Å². The molecule has 0 aromatic heterocycles. The molecule has 4 aromatic carbocycles. The van der Waals surface area contributed by atoms with Gasteiger partial charge in [0.25, 0.3) is 0 Å². The Morgan fingerprint density at radius 3 is 1.85 bits per heavy atom. The lowest BCUT2D eigenvalue weighted by molar-refractivity contribution is -0.300. The Balaban J connectivity index is 0.000000107. The van der Waals surface area contributed by atoms with Crippen molar-refractivity contribution in [1.29, 1.82) is 0 Å². The molecule has 8 aliphatic heterocycles. The van der Waals surface area contributed by atoms with Crippen LogP contribution in [-0.4, -0.2) is 210 Å². The van der Waals surface area contributed by atoms with Crippen LogP contribution in [0.25, 0.3) is 0 Å². The van der Waals surface area contributed by atoms with Crippen LogP contribution in [0.5, 0.6) is 46.0 Å². The van der Waals surface area contributed by atoms with E-state index in [4.69, 9.17) is 38.6 Å². The van der Waals surface area contributed by atoms with Crippen LogP contribution in [0.15, 0.2) is 108 Å². The van der Waals surface area contributed by atoms with E-state index < -0.39 is 39.5 Å². The molecule has 4 unspecified atom stereocenters. The van der Waals surface area contributed by atoms with Crippen LogP contribution in [0.3, 0.4) is 0 Å². The van der Waals surface area contributed by atoms with E-state index in [1.54, 1.807) is 32.4 Å². The first-order chi connectivity index (χ1) is 51.3. The minimum atomic E-state index is -1.03. The largest absolute Gasteiger partial charge is 0.504 e. The van der Waals surface area contributed by atoms with Gasteiger partial charge in [-0.25, -0.2) is 0 Å². The number of piperidine rings is 4. The molecule has 6 spiro atoms. The van der Waals surface area contributed by atoms with Crippen molar-refractivity contribution in [3.8, 4) is 46.0 Å². The van der Waals surface area contributed by atoms with Gasteiger partial charge in [0.2, 0.25) is 0 Å². The van der Waals surface area contributed by atoms with Gasteiger partial charge in [-0.1, -0.05) is 68.5 Å². The molecule has 566 valence electrons. The summed E-state index contributed by atoms with van der Waals surface area (Å²) in [5.74, 6) is 3.45. The van der Waals surface area contributed by atoms with Gasteiger partial charge in [0.1, 0.15) is 29.1 Å². The summed E-state index contributed by atoms with van der Waals surface area (Å²) in [7, 11) is 5.80. The Hall–Kier alpha value is -6.78. The number of benzene rings is 4. The van der Waals surface area contributed by atoms with E-state index >= 15 is 0 Å². The molecule has 7 N–H and O–H groups in total. The van der Waals surface area contributed by atoms with Crippen LogP contribution in [0.1, 0.15) is 156 Å². The maximum Gasteiger partial charge on any atom is 0.166 e. The summed E-state index contributed by atoms with van der Waals surface area (Å²) in [5.41, 5.74) is 5.71. The summed E-state index contributed by atoms with van der Waals surface area (Å²) < 4.78 is 39.6. The maximum absolute atomic E-state index is 12.7. The van der Waals surface area contributed by atoms with Crippen molar-refractivity contribution in [3.63, 3.8) is 0 Å². The van der Waals surface area contributed by atoms with Crippen molar-refractivity contribution >= 4 is 11.4 Å². The lowest BCUT2D eigenvalue weighted by Gasteiger charge is -2.75. The number of ether oxygens (including phenoxy) is 6.